The van der Waals surface area contributed by atoms with E-state index in [2.05, 4.69) is 16.5 Å². The quantitative estimate of drug-likeness (QED) is 0.789. The molecule has 0 saturated heterocycles. The molecule has 0 atom stereocenters. The number of para-hydroxylation sites is 1. The number of carboxylic acids is 1. The monoisotopic (exact) mass is 325 g/mol. The standard InChI is InChI=1S/C18H19N3O3/c1-2-11-21(13-7-4-3-5-8-13)18-19-15-10-6-9-14(15)17(20-18)24-12-16(22)23/h2-5,7-8H,1,6,9-12H2,(H,22,23). The second kappa shape index (κ2) is 7.12. The Kier molecular flexibility index (Phi) is 4.74. The van der Waals surface area contributed by atoms with Gasteiger partial charge in [-0.05, 0) is 31.4 Å². The van der Waals surface area contributed by atoms with E-state index in [9.17, 15) is 4.79 Å². The predicted octanol–water partition coefficient (Wildman–Crippen LogP) is 2.75. The molecule has 1 N–H and O–H groups in total. The first-order valence-corrected chi connectivity index (χ1v) is 7.87. The van der Waals surface area contributed by atoms with Gasteiger partial charge in [-0.1, -0.05) is 24.3 Å². The Morgan fingerprint density at radius 3 is 2.79 bits per heavy atom. The number of hydrogen-bond donors (Lipinski definition) is 1. The van der Waals surface area contributed by atoms with E-state index in [1.54, 1.807) is 6.08 Å². The minimum absolute atomic E-state index is 0.375. The highest BCUT2D eigenvalue weighted by Crippen LogP contribution is 2.32. The number of hydrogen-bond acceptors (Lipinski definition) is 5. The summed E-state index contributed by atoms with van der Waals surface area (Å²) < 4.78 is 5.41. The van der Waals surface area contributed by atoms with E-state index in [1.165, 1.54) is 0 Å². The van der Waals surface area contributed by atoms with Crippen LogP contribution in [0.3, 0.4) is 0 Å². The van der Waals surface area contributed by atoms with Crippen LogP contribution in [0, 0.1) is 0 Å². The molecule has 0 saturated carbocycles. The Bertz CT molecular complexity index is 747. The van der Waals surface area contributed by atoms with Gasteiger partial charge in [0.15, 0.2) is 6.61 Å². The first-order valence-electron chi connectivity index (χ1n) is 7.87. The van der Waals surface area contributed by atoms with E-state index in [-0.39, 0.29) is 0 Å². The lowest BCUT2D eigenvalue weighted by Crippen LogP contribution is -2.21. The second-order valence-electron chi connectivity index (χ2n) is 5.52. The van der Waals surface area contributed by atoms with E-state index >= 15 is 0 Å². The maximum Gasteiger partial charge on any atom is 0.341 e. The average Bonchev–Trinajstić information content (AvgIpc) is 3.06. The molecule has 0 amide bonds. The number of carboxylic acid groups (broad SMARTS) is 1. The van der Waals surface area contributed by atoms with E-state index in [1.807, 2.05) is 35.2 Å². The third-order valence-electron chi connectivity index (χ3n) is 3.84. The third kappa shape index (κ3) is 3.37. The van der Waals surface area contributed by atoms with Crippen LogP contribution in [0.1, 0.15) is 17.7 Å². The summed E-state index contributed by atoms with van der Waals surface area (Å²) >= 11 is 0. The Hall–Kier alpha value is -2.89. The highest BCUT2D eigenvalue weighted by atomic mass is 16.5. The third-order valence-corrected chi connectivity index (χ3v) is 3.84. The van der Waals surface area contributed by atoms with Gasteiger partial charge < -0.3 is 14.7 Å². The fourth-order valence-corrected chi connectivity index (χ4v) is 2.80. The molecule has 3 rings (SSSR count). The summed E-state index contributed by atoms with van der Waals surface area (Å²) in [5.74, 6) is -0.144. The lowest BCUT2D eigenvalue weighted by Gasteiger charge is -2.22. The maximum atomic E-state index is 10.8. The van der Waals surface area contributed by atoms with Gasteiger partial charge in [0.05, 0.1) is 5.69 Å². The van der Waals surface area contributed by atoms with Gasteiger partial charge >= 0.3 is 5.97 Å². The summed E-state index contributed by atoms with van der Waals surface area (Å²) in [7, 11) is 0. The molecule has 0 fully saturated rings. The van der Waals surface area contributed by atoms with Crippen molar-refractivity contribution in [3.63, 3.8) is 0 Å². The number of aromatic nitrogens is 2. The minimum atomic E-state index is -1.02. The van der Waals surface area contributed by atoms with E-state index < -0.39 is 12.6 Å². The molecule has 6 nitrogen and oxygen atoms in total. The Morgan fingerprint density at radius 1 is 1.29 bits per heavy atom. The molecule has 2 aromatic rings. The van der Waals surface area contributed by atoms with Crippen molar-refractivity contribution in [2.75, 3.05) is 18.1 Å². The molecule has 0 aliphatic heterocycles. The van der Waals surface area contributed by atoms with E-state index in [4.69, 9.17) is 9.84 Å². The molecule has 1 aliphatic carbocycles. The summed E-state index contributed by atoms with van der Waals surface area (Å²) in [6.45, 7) is 3.94. The maximum absolute atomic E-state index is 10.8. The van der Waals surface area contributed by atoms with Crippen molar-refractivity contribution in [3.05, 3.63) is 54.2 Å². The van der Waals surface area contributed by atoms with Gasteiger partial charge in [-0.25, -0.2) is 9.78 Å². The topological polar surface area (TPSA) is 75.6 Å². The molecule has 124 valence electrons. The highest BCUT2D eigenvalue weighted by Gasteiger charge is 2.23. The molecule has 0 bridgehead atoms. The normalized spacial score (nSPS) is 12.5. The van der Waals surface area contributed by atoms with E-state index in [0.29, 0.717) is 18.4 Å². The van der Waals surface area contributed by atoms with Crippen molar-refractivity contribution in [2.24, 2.45) is 0 Å². The van der Waals surface area contributed by atoms with Crippen LogP contribution in [0.25, 0.3) is 0 Å². The number of benzene rings is 1. The number of carbonyl (C=O) groups is 1. The van der Waals surface area contributed by atoms with Crippen molar-refractivity contribution >= 4 is 17.6 Å². The Balaban J connectivity index is 2.00. The van der Waals surface area contributed by atoms with Crippen molar-refractivity contribution in [1.82, 2.24) is 9.97 Å². The second-order valence-corrected chi connectivity index (χ2v) is 5.52. The summed E-state index contributed by atoms with van der Waals surface area (Å²) in [5, 5.41) is 8.87. The number of nitrogens with zero attached hydrogens (tertiary/aromatic N) is 3. The fourth-order valence-electron chi connectivity index (χ4n) is 2.80. The van der Waals surface area contributed by atoms with Gasteiger partial charge in [0, 0.05) is 17.8 Å². The molecule has 6 heteroatoms. The average molecular weight is 325 g/mol. The number of ether oxygens (including phenoxy) is 1. The fraction of sp³-hybridized carbons (Fsp3) is 0.278. The SMILES string of the molecule is C=CCN(c1ccccc1)c1nc2c(c(OCC(=O)O)n1)CCC2. The molecule has 0 unspecified atom stereocenters. The minimum Gasteiger partial charge on any atom is -0.479 e. The summed E-state index contributed by atoms with van der Waals surface area (Å²) in [6.07, 6.45) is 4.42. The summed E-state index contributed by atoms with van der Waals surface area (Å²) in [6, 6.07) is 9.78. The van der Waals surface area contributed by atoms with Crippen LogP contribution >= 0.6 is 0 Å². The molecular weight excluding hydrogens is 306 g/mol. The lowest BCUT2D eigenvalue weighted by molar-refractivity contribution is -0.139. The van der Waals surface area contributed by atoms with Gasteiger partial charge in [-0.3, -0.25) is 0 Å². The predicted molar refractivity (Wildman–Crippen MR) is 90.8 cm³/mol. The molecule has 1 heterocycles. The molecule has 1 aromatic carbocycles. The van der Waals surface area contributed by atoms with Crippen LogP contribution in [0.15, 0.2) is 43.0 Å². The lowest BCUT2D eigenvalue weighted by atomic mass is 10.2. The first-order chi connectivity index (χ1) is 11.7. The summed E-state index contributed by atoms with van der Waals surface area (Å²) in [4.78, 5) is 21.9. The van der Waals surface area contributed by atoms with Gasteiger partial charge in [-0.2, -0.15) is 4.98 Å². The van der Waals surface area contributed by atoms with E-state index in [0.717, 1.165) is 36.2 Å². The zero-order valence-electron chi connectivity index (χ0n) is 13.3. The molecule has 1 aliphatic rings. The van der Waals surface area contributed by atoms with Crippen LogP contribution in [-0.2, 0) is 17.6 Å². The van der Waals surface area contributed by atoms with Gasteiger partial charge in [-0.15, -0.1) is 6.58 Å². The number of fused-ring (bicyclic) bond motifs is 1. The number of aliphatic carboxylic acids is 1. The first kappa shape index (κ1) is 16.0. The number of anilines is 2. The van der Waals surface area contributed by atoms with Crippen LogP contribution < -0.4 is 9.64 Å². The van der Waals surface area contributed by atoms with Gasteiger partial charge in [0.1, 0.15) is 0 Å². The molecule has 1 aromatic heterocycles. The number of aryl methyl sites for hydroxylation is 1. The zero-order valence-corrected chi connectivity index (χ0v) is 13.3. The van der Waals surface area contributed by atoms with Crippen LogP contribution in [0.4, 0.5) is 11.6 Å². The van der Waals surface area contributed by atoms with Crippen molar-refractivity contribution < 1.29 is 14.6 Å². The van der Waals surface area contributed by atoms with Crippen LogP contribution in [-0.4, -0.2) is 34.2 Å². The van der Waals surface area contributed by atoms with Crippen LogP contribution in [0.5, 0.6) is 5.88 Å². The molecule has 0 radical (unpaired) electrons. The Labute approximate surface area is 140 Å². The molecular formula is C18H19N3O3. The van der Waals surface area contributed by atoms with Crippen molar-refractivity contribution in [1.29, 1.82) is 0 Å². The van der Waals surface area contributed by atoms with Gasteiger partial charge in [0.2, 0.25) is 11.8 Å². The largest absolute Gasteiger partial charge is 0.479 e. The Morgan fingerprint density at radius 2 is 2.08 bits per heavy atom. The number of rotatable bonds is 7. The van der Waals surface area contributed by atoms with Crippen molar-refractivity contribution in [2.45, 2.75) is 19.3 Å². The van der Waals surface area contributed by atoms with Crippen LogP contribution in [0.2, 0.25) is 0 Å². The van der Waals surface area contributed by atoms with Gasteiger partial charge in [0.25, 0.3) is 0 Å². The smallest absolute Gasteiger partial charge is 0.341 e. The molecule has 24 heavy (non-hydrogen) atoms. The van der Waals surface area contributed by atoms with Crippen molar-refractivity contribution in [3.8, 4) is 5.88 Å². The zero-order chi connectivity index (χ0) is 16.9. The summed E-state index contributed by atoms with van der Waals surface area (Å²) in [5.41, 5.74) is 2.80. The molecule has 0 spiro atoms. The highest BCUT2D eigenvalue weighted by molar-refractivity contribution is 5.68.